The minimum absolute atomic E-state index is 0.147. The number of morpholine rings is 1. The predicted octanol–water partition coefficient (Wildman–Crippen LogP) is 0.566. The maximum Gasteiger partial charge on any atom is 0.245 e. The van der Waals surface area contributed by atoms with Crippen LogP contribution in [-0.2, 0) is 9.53 Å². The van der Waals surface area contributed by atoms with E-state index in [0.29, 0.717) is 32.1 Å². The molecule has 0 bridgehead atoms. The Labute approximate surface area is 129 Å². The number of hydrogen-bond acceptors (Lipinski definition) is 6. The van der Waals surface area contributed by atoms with Gasteiger partial charge in [-0.25, -0.2) is 9.97 Å². The Hall–Kier alpha value is -2.20. The van der Waals surface area contributed by atoms with Gasteiger partial charge in [-0.2, -0.15) is 5.26 Å². The van der Waals surface area contributed by atoms with Gasteiger partial charge in [-0.3, -0.25) is 4.79 Å². The van der Waals surface area contributed by atoms with Crippen LogP contribution in [-0.4, -0.2) is 59.7 Å². The van der Waals surface area contributed by atoms with Crippen molar-refractivity contribution in [2.45, 2.75) is 25.3 Å². The number of carbonyl (C=O) groups excluding carboxylic acids is 1. The zero-order valence-corrected chi connectivity index (χ0v) is 12.4. The molecule has 1 aromatic rings. The van der Waals surface area contributed by atoms with Crippen LogP contribution < -0.4 is 4.90 Å². The highest BCUT2D eigenvalue weighted by atomic mass is 16.5. The molecule has 0 aromatic carbocycles. The molecule has 2 fully saturated rings. The molecule has 0 saturated carbocycles. The molecule has 0 N–H and O–H groups in total. The van der Waals surface area contributed by atoms with Gasteiger partial charge < -0.3 is 14.5 Å². The molecule has 7 heteroatoms. The molecule has 3 rings (SSSR count). The number of aromatic nitrogens is 2. The summed E-state index contributed by atoms with van der Waals surface area (Å²) in [5.74, 6) is 0.819. The first-order valence-corrected chi connectivity index (χ1v) is 7.65. The molecule has 1 aromatic heterocycles. The lowest BCUT2D eigenvalue weighted by Crippen LogP contribution is -2.53. The minimum Gasteiger partial charge on any atom is -0.378 e. The summed E-state index contributed by atoms with van der Waals surface area (Å²) >= 11 is 0. The third-order valence-corrected chi connectivity index (χ3v) is 4.16. The number of ether oxygens (including phenoxy) is 1. The lowest BCUT2D eigenvalue weighted by molar-refractivity contribution is -0.137. The fourth-order valence-electron chi connectivity index (χ4n) is 2.98. The summed E-state index contributed by atoms with van der Waals surface area (Å²) in [6.07, 6.45) is 5.96. The summed E-state index contributed by atoms with van der Waals surface area (Å²) in [6, 6.07) is 1.78. The number of anilines is 1. The smallest absolute Gasteiger partial charge is 0.245 e. The van der Waals surface area contributed by atoms with Crippen LogP contribution >= 0.6 is 0 Å². The minimum atomic E-state index is -0.186. The van der Waals surface area contributed by atoms with Crippen molar-refractivity contribution in [2.24, 2.45) is 0 Å². The van der Waals surface area contributed by atoms with Crippen LogP contribution in [0.4, 0.5) is 5.82 Å². The monoisotopic (exact) mass is 301 g/mol. The van der Waals surface area contributed by atoms with Gasteiger partial charge >= 0.3 is 0 Å². The van der Waals surface area contributed by atoms with Crippen molar-refractivity contribution in [3.63, 3.8) is 0 Å². The van der Waals surface area contributed by atoms with E-state index in [9.17, 15) is 4.79 Å². The first kappa shape index (κ1) is 14.7. The van der Waals surface area contributed by atoms with Crippen molar-refractivity contribution in [1.29, 1.82) is 5.26 Å². The Balaban J connectivity index is 1.78. The van der Waals surface area contributed by atoms with Gasteiger partial charge in [-0.1, -0.05) is 0 Å². The molecule has 7 nitrogen and oxygen atoms in total. The summed E-state index contributed by atoms with van der Waals surface area (Å²) < 4.78 is 5.31. The van der Waals surface area contributed by atoms with E-state index >= 15 is 0 Å². The lowest BCUT2D eigenvalue weighted by Gasteiger charge is -2.39. The van der Waals surface area contributed by atoms with Gasteiger partial charge in [0, 0.05) is 19.6 Å². The SMILES string of the molecule is N#Cc1cnc(N2CCCCC2C(=O)N2CCOCC2)cn1. The lowest BCUT2D eigenvalue weighted by atomic mass is 10.0. The van der Waals surface area contributed by atoms with E-state index in [1.807, 2.05) is 15.9 Å². The molecular formula is C15H19N5O2. The van der Waals surface area contributed by atoms with E-state index in [-0.39, 0.29) is 17.6 Å². The summed E-state index contributed by atoms with van der Waals surface area (Å²) in [6.45, 7) is 3.32. The van der Waals surface area contributed by atoms with Crippen molar-refractivity contribution in [2.75, 3.05) is 37.7 Å². The Morgan fingerprint density at radius 1 is 1.23 bits per heavy atom. The molecule has 2 aliphatic rings. The summed E-state index contributed by atoms with van der Waals surface area (Å²) in [5, 5.41) is 8.81. The molecular weight excluding hydrogens is 282 g/mol. The number of piperidine rings is 1. The van der Waals surface area contributed by atoms with Crippen molar-refractivity contribution in [1.82, 2.24) is 14.9 Å². The molecule has 2 saturated heterocycles. The molecule has 0 aliphatic carbocycles. The van der Waals surface area contributed by atoms with Crippen molar-refractivity contribution < 1.29 is 9.53 Å². The van der Waals surface area contributed by atoms with E-state index in [1.54, 1.807) is 6.20 Å². The third kappa shape index (κ3) is 3.02. The highest BCUT2D eigenvalue weighted by Gasteiger charge is 2.33. The molecule has 1 atom stereocenters. The molecule has 22 heavy (non-hydrogen) atoms. The topological polar surface area (TPSA) is 82.4 Å². The van der Waals surface area contributed by atoms with E-state index in [4.69, 9.17) is 10.00 Å². The highest BCUT2D eigenvalue weighted by Crippen LogP contribution is 2.24. The number of hydrogen-bond donors (Lipinski definition) is 0. The van der Waals surface area contributed by atoms with Crippen LogP contribution in [0.25, 0.3) is 0 Å². The zero-order chi connectivity index (χ0) is 15.4. The second-order valence-electron chi connectivity index (χ2n) is 5.51. The predicted molar refractivity (Wildman–Crippen MR) is 79.1 cm³/mol. The van der Waals surface area contributed by atoms with Gasteiger partial charge in [0.15, 0.2) is 5.69 Å². The standard InChI is InChI=1S/C15H19N5O2/c16-9-12-10-18-14(11-17-12)20-4-2-1-3-13(20)15(21)19-5-7-22-8-6-19/h10-11,13H,1-8H2. The molecule has 0 spiro atoms. The Morgan fingerprint density at radius 3 is 2.73 bits per heavy atom. The number of carbonyl (C=O) groups is 1. The second kappa shape index (κ2) is 6.71. The molecule has 3 heterocycles. The molecule has 1 unspecified atom stereocenters. The van der Waals surface area contributed by atoms with Crippen LogP contribution in [0.2, 0.25) is 0 Å². The number of rotatable bonds is 2. The number of nitrogens with zero attached hydrogens (tertiary/aromatic N) is 5. The van der Waals surface area contributed by atoms with Crippen LogP contribution in [0, 0.1) is 11.3 Å². The van der Waals surface area contributed by atoms with Gasteiger partial charge in [0.05, 0.1) is 25.6 Å². The van der Waals surface area contributed by atoms with Gasteiger partial charge in [0.2, 0.25) is 5.91 Å². The number of nitriles is 1. The van der Waals surface area contributed by atoms with Crippen molar-refractivity contribution >= 4 is 11.7 Å². The van der Waals surface area contributed by atoms with Gasteiger partial charge in [0.25, 0.3) is 0 Å². The van der Waals surface area contributed by atoms with Crippen LogP contribution in [0.15, 0.2) is 12.4 Å². The molecule has 2 aliphatic heterocycles. The fraction of sp³-hybridized carbons (Fsp3) is 0.600. The van der Waals surface area contributed by atoms with Gasteiger partial charge in [-0.15, -0.1) is 0 Å². The van der Waals surface area contributed by atoms with E-state index in [0.717, 1.165) is 25.8 Å². The average molecular weight is 301 g/mol. The van der Waals surface area contributed by atoms with E-state index in [2.05, 4.69) is 9.97 Å². The van der Waals surface area contributed by atoms with E-state index < -0.39 is 0 Å². The molecule has 0 radical (unpaired) electrons. The number of amides is 1. The third-order valence-electron chi connectivity index (χ3n) is 4.16. The Morgan fingerprint density at radius 2 is 2.05 bits per heavy atom. The maximum absolute atomic E-state index is 12.8. The Kier molecular flexibility index (Phi) is 4.49. The van der Waals surface area contributed by atoms with Crippen LogP contribution in [0.1, 0.15) is 25.0 Å². The summed E-state index contributed by atoms with van der Waals surface area (Å²) in [7, 11) is 0. The highest BCUT2D eigenvalue weighted by molar-refractivity contribution is 5.85. The first-order chi connectivity index (χ1) is 10.8. The van der Waals surface area contributed by atoms with Crippen molar-refractivity contribution in [3.05, 3.63) is 18.1 Å². The van der Waals surface area contributed by atoms with Crippen LogP contribution in [0.5, 0.6) is 0 Å². The zero-order valence-electron chi connectivity index (χ0n) is 12.4. The molecule has 1 amide bonds. The quantitative estimate of drug-likeness (QED) is 0.794. The normalized spacial score (nSPS) is 22.2. The maximum atomic E-state index is 12.8. The summed E-state index contributed by atoms with van der Waals surface area (Å²) in [4.78, 5) is 25.1. The van der Waals surface area contributed by atoms with E-state index in [1.165, 1.54) is 6.20 Å². The van der Waals surface area contributed by atoms with Crippen molar-refractivity contribution in [3.8, 4) is 6.07 Å². The largest absolute Gasteiger partial charge is 0.378 e. The fourth-order valence-corrected chi connectivity index (χ4v) is 2.98. The summed E-state index contributed by atoms with van der Waals surface area (Å²) in [5.41, 5.74) is 0.289. The van der Waals surface area contributed by atoms with Gasteiger partial charge in [0.1, 0.15) is 17.9 Å². The average Bonchev–Trinajstić information content (AvgIpc) is 2.62. The first-order valence-electron chi connectivity index (χ1n) is 7.65. The molecule has 116 valence electrons. The second-order valence-corrected chi connectivity index (χ2v) is 5.51. The van der Waals surface area contributed by atoms with Gasteiger partial charge in [-0.05, 0) is 19.3 Å². The Bertz CT molecular complexity index is 562. The van der Waals surface area contributed by atoms with Crippen LogP contribution in [0.3, 0.4) is 0 Å².